The minimum atomic E-state index is -0.285. The molecule has 2 aromatic rings. The maximum absolute atomic E-state index is 12.7. The third kappa shape index (κ3) is 5.20. The van der Waals surface area contributed by atoms with Crippen molar-refractivity contribution in [3.05, 3.63) is 71.8 Å². The van der Waals surface area contributed by atoms with Gasteiger partial charge in [-0.3, -0.25) is 9.59 Å². The fourth-order valence-electron chi connectivity index (χ4n) is 2.62. The molecule has 0 saturated carbocycles. The van der Waals surface area contributed by atoms with E-state index in [-0.39, 0.29) is 17.9 Å². The van der Waals surface area contributed by atoms with Crippen molar-refractivity contribution >= 4 is 17.5 Å². The quantitative estimate of drug-likeness (QED) is 0.688. The average molecular weight is 366 g/mol. The van der Waals surface area contributed by atoms with Crippen molar-refractivity contribution in [3.8, 4) is 5.75 Å². The van der Waals surface area contributed by atoms with E-state index in [1.165, 1.54) is 0 Å². The summed E-state index contributed by atoms with van der Waals surface area (Å²) >= 11 is 0. The van der Waals surface area contributed by atoms with Crippen LogP contribution in [0.3, 0.4) is 0 Å². The Morgan fingerprint density at radius 1 is 1.19 bits per heavy atom. The van der Waals surface area contributed by atoms with Gasteiger partial charge in [-0.1, -0.05) is 25.1 Å². The van der Waals surface area contributed by atoms with Crippen LogP contribution < -0.4 is 15.4 Å². The van der Waals surface area contributed by atoms with Gasteiger partial charge in [0.25, 0.3) is 11.8 Å². The molecule has 1 atom stereocenters. The fraction of sp³-hybridized carbons (Fsp3) is 0.273. The molecule has 0 aliphatic rings. The zero-order chi connectivity index (χ0) is 19.8. The molecule has 0 aromatic heterocycles. The lowest BCUT2D eigenvalue weighted by Crippen LogP contribution is -2.32. The highest BCUT2D eigenvalue weighted by molar-refractivity contribution is 6.09. The van der Waals surface area contributed by atoms with Gasteiger partial charge in [0.1, 0.15) is 5.75 Å². The Labute approximate surface area is 160 Å². The van der Waals surface area contributed by atoms with E-state index in [4.69, 9.17) is 4.74 Å². The molecular weight excluding hydrogens is 340 g/mol. The van der Waals surface area contributed by atoms with E-state index < -0.39 is 0 Å². The molecule has 0 aliphatic carbocycles. The highest BCUT2D eigenvalue weighted by atomic mass is 16.5. The second-order valence-electron chi connectivity index (χ2n) is 6.30. The maximum Gasteiger partial charge on any atom is 0.255 e. The fourth-order valence-corrected chi connectivity index (χ4v) is 2.62. The topological polar surface area (TPSA) is 67.4 Å². The molecule has 0 saturated heterocycles. The van der Waals surface area contributed by atoms with Crippen molar-refractivity contribution in [2.24, 2.45) is 0 Å². The third-order valence-corrected chi connectivity index (χ3v) is 4.32. The average Bonchev–Trinajstić information content (AvgIpc) is 2.68. The Morgan fingerprint density at radius 2 is 1.93 bits per heavy atom. The van der Waals surface area contributed by atoms with E-state index in [0.717, 1.165) is 12.0 Å². The van der Waals surface area contributed by atoms with Crippen molar-refractivity contribution in [2.45, 2.75) is 32.7 Å². The first-order valence-corrected chi connectivity index (χ1v) is 8.99. The summed E-state index contributed by atoms with van der Waals surface area (Å²) in [5.74, 6) is 0.217. The van der Waals surface area contributed by atoms with E-state index >= 15 is 0 Å². The predicted octanol–water partition coefficient (Wildman–Crippen LogP) is 4.20. The molecule has 142 valence electrons. The van der Waals surface area contributed by atoms with Crippen LogP contribution in [0.2, 0.25) is 0 Å². The number of methoxy groups -OCH3 is 1. The number of allylic oxidation sites excluding steroid dienone is 1. The van der Waals surface area contributed by atoms with Crippen LogP contribution in [0.1, 0.15) is 46.5 Å². The molecule has 5 heteroatoms. The first kappa shape index (κ1) is 20.2. The lowest BCUT2D eigenvalue weighted by atomic mass is 10.1. The number of ether oxygens (including phenoxy) is 1. The number of rotatable bonds is 8. The third-order valence-electron chi connectivity index (χ3n) is 4.32. The summed E-state index contributed by atoms with van der Waals surface area (Å²) in [6, 6.07) is 12.3. The molecule has 0 fully saturated rings. The van der Waals surface area contributed by atoms with E-state index in [9.17, 15) is 9.59 Å². The smallest absolute Gasteiger partial charge is 0.255 e. The van der Waals surface area contributed by atoms with Crippen molar-refractivity contribution in [1.29, 1.82) is 0 Å². The van der Waals surface area contributed by atoms with Crippen LogP contribution >= 0.6 is 0 Å². The summed E-state index contributed by atoms with van der Waals surface area (Å²) in [6.07, 6.45) is 3.18. The SMILES string of the molecule is C=CCc1cc(C(=O)Nc2ccccc2C(=O)N[C@@H](C)CC)ccc1OC. The molecule has 27 heavy (non-hydrogen) atoms. The van der Waals surface area contributed by atoms with E-state index in [2.05, 4.69) is 17.2 Å². The van der Waals surface area contributed by atoms with Gasteiger partial charge in [0, 0.05) is 11.6 Å². The summed E-state index contributed by atoms with van der Waals surface area (Å²) < 4.78 is 5.32. The summed E-state index contributed by atoms with van der Waals surface area (Å²) in [6.45, 7) is 7.68. The van der Waals surface area contributed by atoms with Crippen molar-refractivity contribution in [2.75, 3.05) is 12.4 Å². The van der Waals surface area contributed by atoms with Gasteiger partial charge >= 0.3 is 0 Å². The molecule has 2 aromatic carbocycles. The van der Waals surface area contributed by atoms with Gasteiger partial charge in [0.05, 0.1) is 18.4 Å². The Hall–Kier alpha value is -3.08. The maximum atomic E-state index is 12.7. The molecule has 2 amide bonds. The minimum Gasteiger partial charge on any atom is -0.496 e. The molecule has 0 bridgehead atoms. The second-order valence-corrected chi connectivity index (χ2v) is 6.30. The van der Waals surface area contributed by atoms with Crippen LogP contribution in [-0.4, -0.2) is 25.0 Å². The van der Waals surface area contributed by atoms with Gasteiger partial charge in [0.15, 0.2) is 0 Å². The molecule has 0 aliphatic heterocycles. The number of nitrogens with one attached hydrogen (secondary N) is 2. The van der Waals surface area contributed by atoms with Gasteiger partial charge in [-0.25, -0.2) is 0 Å². The molecule has 0 unspecified atom stereocenters. The van der Waals surface area contributed by atoms with Crippen LogP contribution in [0.25, 0.3) is 0 Å². The minimum absolute atomic E-state index is 0.0595. The predicted molar refractivity (Wildman–Crippen MR) is 109 cm³/mol. The normalized spacial score (nSPS) is 11.4. The Kier molecular flexibility index (Phi) is 7.17. The second kappa shape index (κ2) is 9.57. The zero-order valence-corrected chi connectivity index (χ0v) is 16.0. The highest BCUT2D eigenvalue weighted by Crippen LogP contribution is 2.22. The molecule has 0 radical (unpaired) electrons. The lowest BCUT2D eigenvalue weighted by molar-refractivity contribution is 0.0940. The Balaban J connectivity index is 2.25. The largest absolute Gasteiger partial charge is 0.496 e. The summed E-state index contributed by atoms with van der Waals surface area (Å²) in [7, 11) is 1.59. The van der Waals surface area contributed by atoms with Crippen molar-refractivity contribution in [3.63, 3.8) is 0 Å². The van der Waals surface area contributed by atoms with Gasteiger partial charge in [-0.05, 0) is 55.7 Å². The molecule has 2 N–H and O–H groups in total. The number of carbonyl (C=O) groups is 2. The van der Waals surface area contributed by atoms with Crippen LogP contribution in [-0.2, 0) is 6.42 Å². The number of hydrogen-bond acceptors (Lipinski definition) is 3. The van der Waals surface area contributed by atoms with Crippen LogP contribution in [0.4, 0.5) is 5.69 Å². The summed E-state index contributed by atoms with van der Waals surface area (Å²) in [5, 5.41) is 5.76. The van der Waals surface area contributed by atoms with Crippen LogP contribution in [0.15, 0.2) is 55.1 Å². The van der Waals surface area contributed by atoms with Gasteiger partial charge in [-0.15, -0.1) is 6.58 Å². The lowest BCUT2D eigenvalue weighted by Gasteiger charge is -2.15. The molecule has 0 spiro atoms. The molecule has 5 nitrogen and oxygen atoms in total. The molecule has 2 rings (SSSR count). The Morgan fingerprint density at radius 3 is 2.59 bits per heavy atom. The van der Waals surface area contributed by atoms with Crippen LogP contribution in [0.5, 0.6) is 5.75 Å². The molecular formula is C22H26N2O3. The van der Waals surface area contributed by atoms with E-state index in [1.54, 1.807) is 55.7 Å². The Bertz CT molecular complexity index is 830. The number of carbonyl (C=O) groups excluding carboxylic acids is 2. The zero-order valence-electron chi connectivity index (χ0n) is 16.0. The van der Waals surface area contributed by atoms with Gasteiger partial charge in [-0.2, -0.15) is 0 Å². The highest BCUT2D eigenvalue weighted by Gasteiger charge is 2.16. The van der Waals surface area contributed by atoms with E-state index in [0.29, 0.717) is 29.0 Å². The standard InChI is InChI=1S/C22H26N2O3/c1-5-9-16-14-17(12-13-20(16)27-4)21(25)24-19-11-8-7-10-18(19)22(26)23-15(3)6-2/h5,7-8,10-15H,1,6,9H2,2-4H3,(H,23,26)(H,24,25)/t15-/m0/s1. The number of hydrogen-bond donors (Lipinski definition) is 2. The number of benzene rings is 2. The van der Waals surface area contributed by atoms with Gasteiger partial charge < -0.3 is 15.4 Å². The summed E-state index contributed by atoms with van der Waals surface area (Å²) in [5.41, 5.74) is 2.28. The van der Waals surface area contributed by atoms with E-state index in [1.807, 2.05) is 13.8 Å². The number of anilines is 1. The first-order valence-electron chi connectivity index (χ1n) is 8.99. The van der Waals surface area contributed by atoms with Crippen molar-refractivity contribution < 1.29 is 14.3 Å². The van der Waals surface area contributed by atoms with Crippen molar-refractivity contribution in [1.82, 2.24) is 5.32 Å². The van der Waals surface area contributed by atoms with Gasteiger partial charge in [0.2, 0.25) is 0 Å². The molecule has 0 heterocycles. The number of amides is 2. The van der Waals surface area contributed by atoms with Crippen LogP contribution in [0, 0.1) is 0 Å². The summed E-state index contributed by atoms with van der Waals surface area (Å²) in [4.78, 5) is 25.2. The first-order chi connectivity index (χ1) is 13.0. The monoisotopic (exact) mass is 366 g/mol. The number of para-hydroxylation sites is 1.